The van der Waals surface area contributed by atoms with E-state index >= 15 is 0 Å². The third-order valence-corrected chi connectivity index (χ3v) is 1.67. The van der Waals surface area contributed by atoms with E-state index in [1.165, 1.54) is 5.56 Å². The van der Waals surface area contributed by atoms with Crippen LogP contribution in [0.2, 0.25) is 0 Å². The summed E-state index contributed by atoms with van der Waals surface area (Å²) in [6, 6.07) is 3.99. The lowest BCUT2D eigenvalue weighted by Gasteiger charge is -2.03. The van der Waals surface area contributed by atoms with Gasteiger partial charge >= 0.3 is 0 Å². The second-order valence-electron chi connectivity index (χ2n) is 2.56. The van der Waals surface area contributed by atoms with E-state index in [1.807, 2.05) is 25.3 Å². The van der Waals surface area contributed by atoms with Crippen LogP contribution in [0, 0.1) is 18.3 Å². The molecule has 1 aromatic rings. The van der Waals surface area contributed by atoms with Crippen molar-refractivity contribution in [1.29, 1.82) is 5.26 Å². The summed E-state index contributed by atoms with van der Waals surface area (Å²) >= 11 is 0. The van der Waals surface area contributed by atoms with E-state index in [0.717, 1.165) is 5.56 Å². The van der Waals surface area contributed by atoms with Crippen molar-refractivity contribution in [3.8, 4) is 6.07 Å². The molecule has 3 heteroatoms. The largest absolute Gasteiger partial charge is 0.300 e. The van der Waals surface area contributed by atoms with Gasteiger partial charge in [0.05, 0.1) is 12.6 Å². The van der Waals surface area contributed by atoms with Crippen molar-refractivity contribution >= 4 is 0 Å². The van der Waals surface area contributed by atoms with Gasteiger partial charge in [-0.15, -0.1) is 0 Å². The second kappa shape index (κ2) is 4.47. The molecule has 1 N–H and O–H groups in total. The first-order valence-electron chi connectivity index (χ1n) is 3.81. The molecule has 0 aliphatic rings. The number of pyridine rings is 1. The first-order valence-corrected chi connectivity index (χ1v) is 3.81. The Kier molecular flexibility index (Phi) is 3.24. The molecule has 0 amide bonds. The van der Waals surface area contributed by atoms with Crippen LogP contribution in [0.4, 0.5) is 0 Å². The fourth-order valence-corrected chi connectivity index (χ4v) is 0.935. The number of nitrogens with one attached hydrogen (secondary N) is 1. The molecular weight excluding hydrogens is 150 g/mol. The molecule has 0 saturated carbocycles. The molecule has 62 valence electrons. The summed E-state index contributed by atoms with van der Waals surface area (Å²) in [6.45, 7) is 3.13. The quantitative estimate of drug-likeness (QED) is 0.531. The Morgan fingerprint density at radius 2 is 2.50 bits per heavy atom. The summed E-state index contributed by atoms with van der Waals surface area (Å²) in [6.07, 6.45) is 3.59. The molecule has 0 atom stereocenters. The summed E-state index contributed by atoms with van der Waals surface area (Å²) < 4.78 is 0. The topological polar surface area (TPSA) is 48.7 Å². The number of nitriles is 1. The summed E-state index contributed by atoms with van der Waals surface area (Å²) in [7, 11) is 0. The highest BCUT2D eigenvalue weighted by Gasteiger charge is 1.95. The number of aromatic nitrogens is 1. The Labute approximate surface area is 72.1 Å². The van der Waals surface area contributed by atoms with Gasteiger partial charge in [0.1, 0.15) is 0 Å². The SMILES string of the molecule is Cc1ccncc1CNCC#N. The van der Waals surface area contributed by atoms with Crippen LogP contribution in [0.5, 0.6) is 0 Å². The highest BCUT2D eigenvalue weighted by molar-refractivity contribution is 5.21. The van der Waals surface area contributed by atoms with Crippen LogP contribution in [0.1, 0.15) is 11.1 Å². The van der Waals surface area contributed by atoms with Crippen LogP contribution in [0.15, 0.2) is 18.5 Å². The van der Waals surface area contributed by atoms with Crippen molar-refractivity contribution < 1.29 is 0 Å². The third-order valence-electron chi connectivity index (χ3n) is 1.67. The summed E-state index contributed by atoms with van der Waals surface area (Å²) in [5, 5.41) is 11.3. The number of nitrogens with zero attached hydrogens (tertiary/aromatic N) is 2. The molecule has 1 aromatic heterocycles. The van der Waals surface area contributed by atoms with Crippen LogP contribution in [0.3, 0.4) is 0 Å². The van der Waals surface area contributed by atoms with Gasteiger partial charge in [-0.05, 0) is 24.1 Å². The fourth-order valence-electron chi connectivity index (χ4n) is 0.935. The first kappa shape index (κ1) is 8.69. The lowest BCUT2D eigenvalue weighted by atomic mass is 10.2. The van der Waals surface area contributed by atoms with Gasteiger partial charge in [-0.2, -0.15) is 5.26 Å². The zero-order valence-electron chi connectivity index (χ0n) is 7.04. The van der Waals surface area contributed by atoms with Crippen molar-refractivity contribution in [2.24, 2.45) is 0 Å². The Balaban J connectivity index is 2.53. The predicted molar refractivity (Wildman–Crippen MR) is 46.3 cm³/mol. The highest BCUT2D eigenvalue weighted by atomic mass is 14.8. The molecule has 0 fully saturated rings. The minimum absolute atomic E-state index is 0.383. The smallest absolute Gasteiger partial charge is 0.0843 e. The number of aryl methyl sites for hydroxylation is 1. The van der Waals surface area contributed by atoms with Crippen molar-refractivity contribution in [1.82, 2.24) is 10.3 Å². The normalized spacial score (nSPS) is 9.33. The van der Waals surface area contributed by atoms with E-state index in [9.17, 15) is 0 Å². The predicted octanol–water partition coefficient (Wildman–Crippen LogP) is 1.00. The summed E-state index contributed by atoms with van der Waals surface area (Å²) in [5.41, 5.74) is 2.35. The Bertz CT molecular complexity index is 288. The van der Waals surface area contributed by atoms with Gasteiger partial charge in [-0.3, -0.25) is 4.98 Å². The van der Waals surface area contributed by atoms with Crippen molar-refractivity contribution in [2.75, 3.05) is 6.54 Å². The fraction of sp³-hybridized carbons (Fsp3) is 0.333. The lowest BCUT2D eigenvalue weighted by Crippen LogP contribution is -2.13. The molecule has 0 radical (unpaired) electrons. The molecule has 0 aliphatic carbocycles. The monoisotopic (exact) mass is 161 g/mol. The highest BCUT2D eigenvalue weighted by Crippen LogP contribution is 2.03. The summed E-state index contributed by atoms with van der Waals surface area (Å²) in [5.74, 6) is 0. The van der Waals surface area contributed by atoms with Gasteiger partial charge in [0.2, 0.25) is 0 Å². The Hall–Kier alpha value is -1.40. The van der Waals surface area contributed by atoms with Crippen molar-refractivity contribution in [2.45, 2.75) is 13.5 Å². The Morgan fingerprint density at radius 1 is 1.67 bits per heavy atom. The maximum Gasteiger partial charge on any atom is 0.0843 e. The second-order valence-corrected chi connectivity index (χ2v) is 2.56. The lowest BCUT2D eigenvalue weighted by molar-refractivity contribution is 0.758. The summed E-state index contributed by atoms with van der Waals surface area (Å²) in [4.78, 5) is 4.00. The van der Waals surface area contributed by atoms with Gasteiger partial charge in [0, 0.05) is 18.9 Å². The maximum atomic E-state index is 8.29. The molecule has 1 rings (SSSR count). The van der Waals surface area contributed by atoms with E-state index in [4.69, 9.17) is 5.26 Å². The molecular formula is C9H11N3. The van der Waals surface area contributed by atoms with E-state index in [1.54, 1.807) is 6.20 Å². The molecule has 0 unspecified atom stereocenters. The zero-order chi connectivity index (χ0) is 8.81. The number of hydrogen-bond acceptors (Lipinski definition) is 3. The zero-order valence-corrected chi connectivity index (χ0v) is 7.04. The van der Waals surface area contributed by atoms with E-state index < -0.39 is 0 Å². The van der Waals surface area contributed by atoms with Crippen LogP contribution in [-0.4, -0.2) is 11.5 Å². The average molecular weight is 161 g/mol. The standard InChI is InChI=1S/C9H11N3/c1-8-2-4-11-6-9(8)7-12-5-3-10/h2,4,6,12H,5,7H2,1H3. The first-order chi connectivity index (χ1) is 5.84. The molecule has 1 heterocycles. The number of hydrogen-bond donors (Lipinski definition) is 1. The van der Waals surface area contributed by atoms with Gasteiger partial charge in [-0.25, -0.2) is 0 Å². The van der Waals surface area contributed by atoms with Crippen LogP contribution in [0.25, 0.3) is 0 Å². The third kappa shape index (κ3) is 2.33. The van der Waals surface area contributed by atoms with E-state index in [0.29, 0.717) is 13.1 Å². The molecule has 0 spiro atoms. The minimum atomic E-state index is 0.383. The number of rotatable bonds is 3. The Morgan fingerprint density at radius 3 is 3.17 bits per heavy atom. The molecule has 0 bridgehead atoms. The van der Waals surface area contributed by atoms with Gasteiger partial charge in [-0.1, -0.05) is 0 Å². The molecule has 0 aliphatic heterocycles. The van der Waals surface area contributed by atoms with Gasteiger partial charge in [0.25, 0.3) is 0 Å². The average Bonchev–Trinajstić information content (AvgIpc) is 2.09. The molecule has 12 heavy (non-hydrogen) atoms. The molecule has 0 saturated heterocycles. The van der Waals surface area contributed by atoms with Crippen LogP contribution >= 0.6 is 0 Å². The van der Waals surface area contributed by atoms with Crippen LogP contribution < -0.4 is 5.32 Å². The molecule has 0 aromatic carbocycles. The van der Waals surface area contributed by atoms with Crippen LogP contribution in [-0.2, 0) is 6.54 Å². The van der Waals surface area contributed by atoms with Crippen molar-refractivity contribution in [3.63, 3.8) is 0 Å². The van der Waals surface area contributed by atoms with Gasteiger partial charge in [0.15, 0.2) is 0 Å². The molecule has 3 nitrogen and oxygen atoms in total. The maximum absolute atomic E-state index is 8.29. The van der Waals surface area contributed by atoms with E-state index in [2.05, 4.69) is 10.3 Å². The van der Waals surface area contributed by atoms with Gasteiger partial charge < -0.3 is 5.32 Å². The minimum Gasteiger partial charge on any atom is -0.300 e. The van der Waals surface area contributed by atoms with E-state index in [-0.39, 0.29) is 0 Å². The van der Waals surface area contributed by atoms with Crippen molar-refractivity contribution in [3.05, 3.63) is 29.6 Å².